The first-order chi connectivity index (χ1) is 9.07. The van der Waals surface area contributed by atoms with Crippen LogP contribution in [0.15, 0.2) is 18.2 Å². The van der Waals surface area contributed by atoms with E-state index < -0.39 is 6.29 Å². The van der Waals surface area contributed by atoms with E-state index in [-0.39, 0.29) is 35.9 Å². The van der Waals surface area contributed by atoms with Crippen molar-refractivity contribution < 1.29 is 18.3 Å². The Morgan fingerprint density at radius 1 is 1.25 bits per heavy atom. The topological polar surface area (TPSA) is 56.5 Å². The van der Waals surface area contributed by atoms with Gasteiger partial charge in [0.1, 0.15) is 0 Å². The monoisotopic (exact) mass is 306 g/mol. The van der Waals surface area contributed by atoms with Gasteiger partial charge in [0.15, 0.2) is 11.5 Å². The summed E-state index contributed by atoms with van der Waals surface area (Å²) in [5.41, 5.74) is 6.82. The minimum absolute atomic E-state index is 0. The van der Waals surface area contributed by atoms with Crippen LogP contribution in [0.4, 0.5) is 8.78 Å². The fraction of sp³-hybridized carbons (Fsp3) is 0.538. The molecular formula is C13H17ClF2N2O2. The van der Waals surface area contributed by atoms with Crippen molar-refractivity contribution in [3.05, 3.63) is 23.8 Å². The standard InChI is InChI=1S/C13H16F2N2O2.ClH/c14-13(15)18-10-3-1-2-9(12(10)19-13)11(16)8-4-6-17-7-5-8;/h1-3,8,11,17H,4-7,16H2;1H/t11-;/m1./s1. The number of nitrogens with two attached hydrogens (primary N) is 1. The van der Waals surface area contributed by atoms with Crippen molar-refractivity contribution in [1.82, 2.24) is 5.32 Å². The summed E-state index contributed by atoms with van der Waals surface area (Å²) >= 11 is 0. The zero-order valence-electron chi connectivity index (χ0n) is 10.8. The number of alkyl halides is 2. The Hall–Kier alpha value is -1.11. The lowest BCUT2D eigenvalue weighted by Gasteiger charge is -2.28. The first kappa shape index (κ1) is 15.3. The third kappa shape index (κ3) is 2.82. The van der Waals surface area contributed by atoms with Crippen LogP contribution in [-0.2, 0) is 0 Å². The van der Waals surface area contributed by atoms with Crippen molar-refractivity contribution in [1.29, 1.82) is 0 Å². The minimum atomic E-state index is -3.59. The number of rotatable bonds is 2. The SMILES string of the molecule is Cl.N[C@@H](c1cccc2c1OC(F)(F)O2)C1CCNCC1. The number of hydrogen-bond acceptors (Lipinski definition) is 4. The van der Waals surface area contributed by atoms with Crippen molar-refractivity contribution >= 4 is 12.4 Å². The molecule has 1 aromatic carbocycles. The van der Waals surface area contributed by atoms with Gasteiger partial charge in [-0.1, -0.05) is 12.1 Å². The minimum Gasteiger partial charge on any atom is -0.395 e. The number of halogens is 3. The Morgan fingerprint density at radius 3 is 2.65 bits per heavy atom. The van der Waals surface area contributed by atoms with Crippen molar-refractivity contribution in [2.75, 3.05) is 13.1 Å². The lowest BCUT2D eigenvalue weighted by atomic mass is 9.86. The number of hydrogen-bond donors (Lipinski definition) is 2. The Labute approximate surface area is 122 Å². The van der Waals surface area contributed by atoms with Gasteiger partial charge < -0.3 is 20.5 Å². The van der Waals surface area contributed by atoms with E-state index in [2.05, 4.69) is 14.8 Å². The predicted molar refractivity (Wildman–Crippen MR) is 72.4 cm³/mol. The molecule has 1 saturated heterocycles. The van der Waals surface area contributed by atoms with Gasteiger partial charge in [0, 0.05) is 11.6 Å². The molecular weight excluding hydrogens is 290 g/mol. The number of nitrogens with one attached hydrogen (secondary N) is 1. The summed E-state index contributed by atoms with van der Waals surface area (Å²) in [6.07, 6.45) is -1.73. The maximum absolute atomic E-state index is 13.1. The molecule has 0 radical (unpaired) electrons. The smallest absolute Gasteiger partial charge is 0.395 e. The van der Waals surface area contributed by atoms with Gasteiger partial charge in [-0.3, -0.25) is 0 Å². The summed E-state index contributed by atoms with van der Waals surface area (Å²) in [6.45, 7) is 1.81. The predicted octanol–water partition coefficient (Wildman–Crippen LogP) is 2.43. The number of benzene rings is 1. The maximum Gasteiger partial charge on any atom is 0.586 e. The Balaban J connectivity index is 0.00000147. The first-order valence-electron chi connectivity index (χ1n) is 6.42. The molecule has 0 saturated carbocycles. The molecule has 4 nitrogen and oxygen atoms in total. The van der Waals surface area contributed by atoms with Gasteiger partial charge in [0.2, 0.25) is 0 Å². The third-order valence-corrected chi connectivity index (χ3v) is 3.71. The fourth-order valence-electron chi connectivity index (χ4n) is 2.71. The number of ether oxygens (including phenoxy) is 2. The van der Waals surface area contributed by atoms with Crippen molar-refractivity contribution in [3.8, 4) is 11.5 Å². The number of para-hydroxylation sites is 1. The highest BCUT2D eigenvalue weighted by molar-refractivity contribution is 5.85. The van der Waals surface area contributed by atoms with Crippen LogP contribution in [0, 0.1) is 5.92 Å². The first-order valence-corrected chi connectivity index (χ1v) is 6.42. The molecule has 0 aliphatic carbocycles. The molecule has 0 unspecified atom stereocenters. The van der Waals surface area contributed by atoms with Crippen LogP contribution in [0.2, 0.25) is 0 Å². The highest BCUT2D eigenvalue weighted by Crippen LogP contribution is 2.46. The van der Waals surface area contributed by atoms with Crippen LogP contribution in [0.25, 0.3) is 0 Å². The highest BCUT2D eigenvalue weighted by Gasteiger charge is 2.45. The summed E-state index contributed by atoms with van der Waals surface area (Å²) in [7, 11) is 0. The Kier molecular flexibility index (Phi) is 4.36. The van der Waals surface area contributed by atoms with Crippen LogP contribution in [0.1, 0.15) is 24.4 Å². The largest absolute Gasteiger partial charge is 0.586 e. The Morgan fingerprint density at radius 2 is 1.95 bits per heavy atom. The lowest BCUT2D eigenvalue weighted by Crippen LogP contribution is -2.34. The van der Waals surface area contributed by atoms with Crippen molar-refractivity contribution in [2.45, 2.75) is 25.2 Å². The molecule has 3 N–H and O–H groups in total. The van der Waals surface area contributed by atoms with Gasteiger partial charge >= 0.3 is 6.29 Å². The zero-order valence-corrected chi connectivity index (χ0v) is 11.6. The van der Waals surface area contributed by atoms with Gasteiger partial charge in [-0.2, -0.15) is 0 Å². The summed E-state index contributed by atoms with van der Waals surface area (Å²) in [6, 6.07) is 4.56. The van der Waals surface area contributed by atoms with Gasteiger partial charge in [0.05, 0.1) is 0 Å². The van der Waals surface area contributed by atoms with Crippen molar-refractivity contribution in [3.63, 3.8) is 0 Å². The maximum atomic E-state index is 13.1. The molecule has 2 heterocycles. The van der Waals surface area contributed by atoms with Crippen LogP contribution in [0.5, 0.6) is 11.5 Å². The van der Waals surface area contributed by atoms with Crippen LogP contribution in [0.3, 0.4) is 0 Å². The molecule has 3 rings (SSSR count). The molecule has 1 aromatic rings. The molecule has 0 bridgehead atoms. The molecule has 2 aliphatic heterocycles. The zero-order chi connectivity index (χ0) is 13.5. The van der Waals surface area contributed by atoms with Gasteiger partial charge in [0.25, 0.3) is 0 Å². The van der Waals surface area contributed by atoms with Crippen LogP contribution in [-0.4, -0.2) is 19.4 Å². The lowest BCUT2D eigenvalue weighted by molar-refractivity contribution is -0.287. The quantitative estimate of drug-likeness (QED) is 0.881. The average Bonchev–Trinajstić information content (AvgIpc) is 2.72. The van der Waals surface area contributed by atoms with Gasteiger partial charge in [-0.05, 0) is 37.9 Å². The molecule has 7 heteroatoms. The summed E-state index contributed by atoms with van der Waals surface area (Å²) < 4.78 is 35.3. The average molecular weight is 307 g/mol. The summed E-state index contributed by atoms with van der Waals surface area (Å²) in [5.74, 6) is 0.413. The second kappa shape index (κ2) is 5.71. The number of fused-ring (bicyclic) bond motifs is 1. The van der Waals surface area contributed by atoms with E-state index in [0.717, 1.165) is 25.9 Å². The van der Waals surface area contributed by atoms with Crippen molar-refractivity contribution in [2.24, 2.45) is 11.7 Å². The van der Waals surface area contributed by atoms with Crippen LogP contribution >= 0.6 is 12.4 Å². The second-order valence-corrected chi connectivity index (χ2v) is 4.96. The van der Waals surface area contributed by atoms with E-state index >= 15 is 0 Å². The second-order valence-electron chi connectivity index (χ2n) is 4.96. The molecule has 1 atom stereocenters. The molecule has 20 heavy (non-hydrogen) atoms. The summed E-state index contributed by atoms with van der Waals surface area (Å²) in [4.78, 5) is 0. The number of piperidine rings is 1. The summed E-state index contributed by atoms with van der Waals surface area (Å²) in [5, 5.41) is 3.25. The molecule has 2 aliphatic rings. The molecule has 0 amide bonds. The van der Waals surface area contributed by atoms with E-state index in [4.69, 9.17) is 5.73 Å². The normalized spacial score (nSPS) is 22.1. The van der Waals surface area contributed by atoms with Crippen LogP contribution < -0.4 is 20.5 Å². The van der Waals surface area contributed by atoms with E-state index in [1.54, 1.807) is 12.1 Å². The van der Waals surface area contributed by atoms with Gasteiger partial charge in [-0.25, -0.2) is 0 Å². The fourth-order valence-corrected chi connectivity index (χ4v) is 2.71. The van der Waals surface area contributed by atoms with E-state index in [0.29, 0.717) is 5.56 Å². The van der Waals surface area contributed by atoms with Gasteiger partial charge in [-0.15, -0.1) is 21.2 Å². The highest BCUT2D eigenvalue weighted by atomic mass is 35.5. The molecule has 1 fully saturated rings. The van der Waals surface area contributed by atoms with E-state index in [1.807, 2.05) is 0 Å². The van der Waals surface area contributed by atoms with E-state index in [1.165, 1.54) is 6.07 Å². The third-order valence-electron chi connectivity index (χ3n) is 3.71. The molecule has 0 spiro atoms. The van der Waals surface area contributed by atoms with E-state index in [9.17, 15) is 8.78 Å². The Bertz CT molecular complexity index is 481. The molecule has 112 valence electrons. The molecule has 0 aromatic heterocycles.